The number of pyridine rings is 1. The maximum atomic E-state index is 4.31. The minimum absolute atomic E-state index is 0.169. The predicted molar refractivity (Wildman–Crippen MR) is 81.9 cm³/mol. The number of benzene rings is 1. The summed E-state index contributed by atoms with van der Waals surface area (Å²) in [6.07, 6.45) is 2.03. The molecule has 0 atom stereocenters. The maximum absolute atomic E-state index is 4.31. The molecule has 0 aliphatic heterocycles. The van der Waals surface area contributed by atoms with E-state index >= 15 is 0 Å². The first kappa shape index (κ1) is 12.9. The van der Waals surface area contributed by atoms with Gasteiger partial charge in [-0.25, -0.2) is 0 Å². The highest BCUT2D eigenvalue weighted by atomic mass is 15.2. The van der Waals surface area contributed by atoms with Gasteiger partial charge in [0.1, 0.15) is 0 Å². The van der Waals surface area contributed by atoms with Gasteiger partial charge in [-0.1, -0.05) is 45.0 Å². The fourth-order valence-corrected chi connectivity index (χ4v) is 2.31. The summed E-state index contributed by atoms with van der Waals surface area (Å²) >= 11 is 0. The summed E-state index contributed by atoms with van der Waals surface area (Å²) in [5.74, 6) is 0.889. The third-order valence-electron chi connectivity index (χ3n) is 3.57. The van der Waals surface area contributed by atoms with Crippen LogP contribution in [0.5, 0.6) is 0 Å². The Kier molecular flexibility index (Phi) is 2.85. The molecule has 3 rings (SSSR count). The van der Waals surface area contributed by atoms with Crippen molar-refractivity contribution in [2.75, 3.05) is 0 Å². The molecule has 0 saturated heterocycles. The van der Waals surface area contributed by atoms with Gasteiger partial charge in [-0.15, -0.1) is 10.2 Å². The molecule has 0 aliphatic carbocycles. The van der Waals surface area contributed by atoms with E-state index in [2.05, 4.69) is 68.2 Å². The molecule has 0 amide bonds. The second-order valence-corrected chi connectivity index (χ2v) is 6.28. The van der Waals surface area contributed by atoms with E-state index in [1.54, 1.807) is 0 Å². The Morgan fingerprint density at radius 2 is 1.65 bits per heavy atom. The number of nitrogens with zero attached hydrogens (tertiary/aromatic N) is 3. The zero-order valence-corrected chi connectivity index (χ0v) is 12.4. The second-order valence-electron chi connectivity index (χ2n) is 6.28. The van der Waals surface area contributed by atoms with Gasteiger partial charge in [-0.05, 0) is 35.6 Å². The average Bonchev–Trinajstić information content (AvgIpc) is 2.80. The number of hydrogen-bond acceptors (Lipinski definition) is 2. The van der Waals surface area contributed by atoms with Crippen molar-refractivity contribution in [3.63, 3.8) is 0 Å². The highest BCUT2D eigenvalue weighted by Gasteiger charge is 2.14. The molecule has 0 fully saturated rings. The van der Waals surface area contributed by atoms with Crippen molar-refractivity contribution in [3.8, 4) is 11.4 Å². The van der Waals surface area contributed by atoms with E-state index in [4.69, 9.17) is 0 Å². The third-order valence-corrected chi connectivity index (χ3v) is 3.57. The summed E-state index contributed by atoms with van der Waals surface area (Å²) in [6, 6.07) is 12.7. The molecule has 0 radical (unpaired) electrons. The van der Waals surface area contributed by atoms with E-state index in [9.17, 15) is 0 Å². The molecule has 2 heterocycles. The Labute approximate surface area is 119 Å². The Bertz CT molecular complexity index is 746. The molecule has 0 aliphatic rings. The van der Waals surface area contributed by atoms with Gasteiger partial charge in [0.15, 0.2) is 11.5 Å². The van der Waals surface area contributed by atoms with Gasteiger partial charge >= 0.3 is 0 Å². The van der Waals surface area contributed by atoms with E-state index in [0.29, 0.717) is 0 Å². The van der Waals surface area contributed by atoms with Crippen LogP contribution < -0.4 is 0 Å². The van der Waals surface area contributed by atoms with Gasteiger partial charge in [0.05, 0.1) is 0 Å². The number of aromatic nitrogens is 3. The Hall–Kier alpha value is -2.16. The Balaban J connectivity index is 2.07. The smallest absolute Gasteiger partial charge is 0.168 e. The first-order valence-corrected chi connectivity index (χ1v) is 6.87. The number of fused-ring (bicyclic) bond motifs is 1. The summed E-state index contributed by atoms with van der Waals surface area (Å²) in [5, 5.41) is 8.55. The van der Waals surface area contributed by atoms with Gasteiger partial charge in [-0.3, -0.25) is 4.40 Å². The van der Waals surface area contributed by atoms with Gasteiger partial charge in [-0.2, -0.15) is 0 Å². The zero-order valence-electron chi connectivity index (χ0n) is 12.4. The molecular formula is C17H19N3. The van der Waals surface area contributed by atoms with E-state index in [-0.39, 0.29) is 5.41 Å². The van der Waals surface area contributed by atoms with Crippen LogP contribution in [0.15, 0.2) is 42.6 Å². The highest BCUT2D eigenvalue weighted by Crippen LogP contribution is 2.25. The van der Waals surface area contributed by atoms with Gasteiger partial charge in [0.2, 0.25) is 0 Å². The summed E-state index contributed by atoms with van der Waals surface area (Å²) in [4.78, 5) is 0. The van der Waals surface area contributed by atoms with Gasteiger partial charge in [0.25, 0.3) is 0 Å². The van der Waals surface area contributed by atoms with Gasteiger partial charge < -0.3 is 0 Å². The summed E-state index contributed by atoms with van der Waals surface area (Å²) < 4.78 is 2.03. The lowest BCUT2D eigenvalue weighted by molar-refractivity contribution is 0.590. The zero-order chi connectivity index (χ0) is 14.3. The minimum atomic E-state index is 0.169. The topological polar surface area (TPSA) is 30.2 Å². The van der Waals surface area contributed by atoms with Crippen molar-refractivity contribution in [1.82, 2.24) is 14.6 Å². The Morgan fingerprint density at radius 3 is 2.30 bits per heavy atom. The van der Waals surface area contributed by atoms with Crippen molar-refractivity contribution >= 4 is 5.65 Å². The largest absolute Gasteiger partial charge is 0.282 e. The molecule has 2 aromatic heterocycles. The predicted octanol–water partition coefficient (Wildman–Crippen LogP) is 4.00. The van der Waals surface area contributed by atoms with Crippen LogP contribution >= 0.6 is 0 Å². The molecule has 3 nitrogen and oxygen atoms in total. The van der Waals surface area contributed by atoms with Gasteiger partial charge in [0, 0.05) is 11.8 Å². The van der Waals surface area contributed by atoms with Crippen LogP contribution in [0.25, 0.3) is 17.0 Å². The van der Waals surface area contributed by atoms with Crippen LogP contribution in [0.3, 0.4) is 0 Å². The molecule has 0 unspecified atom stereocenters. The van der Waals surface area contributed by atoms with Crippen LogP contribution in [0.2, 0.25) is 0 Å². The number of hydrogen-bond donors (Lipinski definition) is 0. The van der Waals surface area contributed by atoms with Crippen molar-refractivity contribution in [2.24, 2.45) is 0 Å². The van der Waals surface area contributed by atoms with Crippen LogP contribution in [-0.4, -0.2) is 14.6 Å². The van der Waals surface area contributed by atoms with E-state index in [1.807, 2.05) is 16.7 Å². The molecule has 3 aromatic rings. The number of aryl methyl sites for hydroxylation is 1. The van der Waals surface area contributed by atoms with E-state index < -0.39 is 0 Å². The van der Waals surface area contributed by atoms with Crippen molar-refractivity contribution < 1.29 is 0 Å². The van der Waals surface area contributed by atoms with Crippen molar-refractivity contribution in [1.29, 1.82) is 0 Å². The normalized spacial score (nSPS) is 12.0. The van der Waals surface area contributed by atoms with Crippen LogP contribution in [0, 0.1) is 6.92 Å². The summed E-state index contributed by atoms with van der Waals surface area (Å²) in [6.45, 7) is 8.72. The molecule has 20 heavy (non-hydrogen) atoms. The minimum Gasteiger partial charge on any atom is -0.282 e. The van der Waals surface area contributed by atoms with E-state index in [0.717, 1.165) is 17.0 Å². The fourth-order valence-electron chi connectivity index (χ4n) is 2.31. The van der Waals surface area contributed by atoms with Crippen LogP contribution in [0.1, 0.15) is 31.9 Å². The lowest BCUT2D eigenvalue weighted by Crippen LogP contribution is -2.10. The first-order chi connectivity index (χ1) is 9.45. The van der Waals surface area contributed by atoms with Crippen molar-refractivity contribution in [3.05, 3.63) is 53.7 Å². The lowest BCUT2D eigenvalue weighted by Gasteiger charge is -2.18. The molecular weight excluding hydrogens is 246 g/mol. The molecule has 102 valence electrons. The second kappa shape index (κ2) is 4.44. The molecule has 3 heteroatoms. The van der Waals surface area contributed by atoms with E-state index in [1.165, 1.54) is 11.1 Å². The fraction of sp³-hybridized carbons (Fsp3) is 0.294. The summed E-state index contributed by atoms with van der Waals surface area (Å²) in [5.41, 5.74) is 4.67. The average molecular weight is 265 g/mol. The number of rotatable bonds is 1. The Morgan fingerprint density at radius 1 is 0.950 bits per heavy atom. The van der Waals surface area contributed by atoms with Crippen LogP contribution in [-0.2, 0) is 5.41 Å². The standard InChI is InChI=1S/C17H19N3/c1-12-9-10-20-15(11-12)18-19-16(20)13-5-7-14(8-6-13)17(2,3)4/h5-11H,1-4H3. The first-order valence-electron chi connectivity index (χ1n) is 6.87. The van der Waals surface area contributed by atoms with Crippen molar-refractivity contribution in [2.45, 2.75) is 33.1 Å². The third kappa shape index (κ3) is 2.20. The molecule has 0 N–H and O–H groups in total. The van der Waals surface area contributed by atoms with Crippen LogP contribution in [0.4, 0.5) is 0 Å². The molecule has 1 aromatic carbocycles. The molecule has 0 saturated carbocycles. The summed E-state index contributed by atoms with van der Waals surface area (Å²) in [7, 11) is 0. The highest BCUT2D eigenvalue weighted by molar-refractivity contribution is 5.60. The molecule has 0 spiro atoms. The molecule has 0 bridgehead atoms. The quantitative estimate of drug-likeness (QED) is 0.665. The SMILES string of the molecule is Cc1ccn2c(-c3ccc(C(C)(C)C)cc3)nnc2c1. The maximum Gasteiger partial charge on any atom is 0.168 e. The monoisotopic (exact) mass is 265 g/mol. The lowest BCUT2D eigenvalue weighted by atomic mass is 9.87.